The first-order valence-corrected chi connectivity index (χ1v) is 6.13. The van der Waals surface area contributed by atoms with Crippen LogP contribution in [0.1, 0.15) is 25.3 Å². The van der Waals surface area contributed by atoms with Crippen LogP contribution in [-0.4, -0.2) is 21.8 Å². The maximum absolute atomic E-state index is 12.0. The van der Waals surface area contributed by atoms with E-state index in [0.29, 0.717) is 12.1 Å². The van der Waals surface area contributed by atoms with Crippen LogP contribution in [0.2, 0.25) is 0 Å². The average Bonchev–Trinajstić information content (AvgIpc) is 2.67. The molecule has 0 saturated carbocycles. The molecule has 0 radical (unpaired) electrons. The van der Waals surface area contributed by atoms with Crippen LogP contribution in [0, 0.1) is 0 Å². The highest BCUT2D eigenvalue weighted by molar-refractivity contribution is 7.80. The molecule has 0 aliphatic carbocycles. The number of thiocarbonyl (C=S) groups is 1. The third-order valence-corrected chi connectivity index (χ3v) is 3.23. The van der Waals surface area contributed by atoms with Crippen LogP contribution < -0.4 is 11.3 Å². The molecule has 0 bridgehead atoms. The van der Waals surface area contributed by atoms with E-state index in [1.54, 1.807) is 22.9 Å². The van der Waals surface area contributed by atoms with Crippen molar-refractivity contribution in [2.24, 2.45) is 5.73 Å². The summed E-state index contributed by atoms with van der Waals surface area (Å²) in [5, 5.41) is 0. The Morgan fingerprint density at radius 2 is 2.41 bits per heavy atom. The number of nitrogens with two attached hydrogens (primary N) is 1. The molecule has 1 aromatic heterocycles. The van der Waals surface area contributed by atoms with Gasteiger partial charge in [-0.05, 0) is 31.9 Å². The molecule has 2 rings (SSSR count). The molecule has 0 spiro atoms. The number of pyridine rings is 1. The van der Waals surface area contributed by atoms with Crippen molar-refractivity contribution in [1.82, 2.24) is 4.57 Å². The molecular formula is C12H16N2O2S. The lowest BCUT2D eigenvalue weighted by molar-refractivity contribution is 0.0452. The van der Waals surface area contributed by atoms with E-state index in [2.05, 4.69) is 0 Å². The summed E-state index contributed by atoms with van der Waals surface area (Å²) in [5.41, 5.74) is 5.76. The first-order valence-electron chi connectivity index (χ1n) is 5.72. The summed E-state index contributed by atoms with van der Waals surface area (Å²) in [7, 11) is 0. The normalized spacial score (nSPS) is 23.8. The SMILES string of the molecule is CC1CCC(Cn2cccc(C(N)=S)c2=O)O1. The summed E-state index contributed by atoms with van der Waals surface area (Å²) < 4.78 is 7.32. The zero-order chi connectivity index (χ0) is 12.4. The molecule has 1 fully saturated rings. The summed E-state index contributed by atoms with van der Waals surface area (Å²) in [6.07, 6.45) is 4.19. The smallest absolute Gasteiger partial charge is 0.260 e. The molecule has 2 atom stereocenters. The highest BCUT2D eigenvalue weighted by Gasteiger charge is 2.22. The fourth-order valence-electron chi connectivity index (χ4n) is 2.11. The van der Waals surface area contributed by atoms with Crippen molar-refractivity contribution in [3.8, 4) is 0 Å². The largest absolute Gasteiger partial charge is 0.389 e. The molecule has 1 aliphatic heterocycles. The summed E-state index contributed by atoms with van der Waals surface area (Å²) in [4.78, 5) is 12.2. The van der Waals surface area contributed by atoms with E-state index in [4.69, 9.17) is 22.7 Å². The zero-order valence-electron chi connectivity index (χ0n) is 9.76. The Kier molecular flexibility index (Phi) is 3.59. The van der Waals surface area contributed by atoms with E-state index in [1.807, 2.05) is 6.92 Å². The molecule has 1 saturated heterocycles. The Bertz CT molecular complexity index is 484. The second kappa shape index (κ2) is 4.98. The van der Waals surface area contributed by atoms with E-state index < -0.39 is 0 Å². The van der Waals surface area contributed by atoms with E-state index in [0.717, 1.165) is 12.8 Å². The second-order valence-electron chi connectivity index (χ2n) is 4.39. The Labute approximate surface area is 105 Å². The Balaban J connectivity index is 2.19. The third-order valence-electron chi connectivity index (χ3n) is 3.01. The quantitative estimate of drug-likeness (QED) is 0.817. The van der Waals surface area contributed by atoms with Gasteiger partial charge in [0.15, 0.2) is 0 Å². The molecule has 2 unspecified atom stereocenters. The lowest BCUT2D eigenvalue weighted by Gasteiger charge is -2.13. The standard InChI is InChI=1S/C12H16N2O2S/c1-8-4-5-9(16-8)7-14-6-2-3-10(11(13)17)12(14)15/h2-3,6,8-9H,4-5,7H2,1H3,(H2,13,17). The number of hydrogen-bond donors (Lipinski definition) is 1. The molecule has 2 N–H and O–H groups in total. The van der Waals surface area contributed by atoms with Crippen LogP contribution in [0.25, 0.3) is 0 Å². The average molecular weight is 252 g/mol. The molecule has 4 nitrogen and oxygen atoms in total. The van der Waals surface area contributed by atoms with Gasteiger partial charge in [-0.1, -0.05) is 12.2 Å². The van der Waals surface area contributed by atoms with E-state index >= 15 is 0 Å². The van der Waals surface area contributed by atoms with Gasteiger partial charge >= 0.3 is 0 Å². The fraction of sp³-hybridized carbons (Fsp3) is 0.500. The Hall–Kier alpha value is -1.20. The molecule has 92 valence electrons. The van der Waals surface area contributed by atoms with E-state index in [1.165, 1.54) is 0 Å². The molecule has 17 heavy (non-hydrogen) atoms. The maximum atomic E-state index is 12.0. The van der Waals surface area contributed by atoms with Crippen molar-refractivity contribution in [2.75, 3.05) is 0 Å². The topological polar surface area (TPSA) is 57.2 Å². The number of aromatic nitrogens is 1. The Morgan fingerprint density at radius 3 is 3.00 bits per heavy atom. The van der Waals surface area contributed by atoms with Crippen molar-refractivity contribution in [2.45, 2.75) is 38.5 Å². The summed E-state index contributed by atoms with van der Waals surface area (Å²) in [6.45, 7) is 2.62. The monoisotopic (exact) mass is 252 g/mol. The Morgan fingerprint density at radius 1 is 1.65 bits per heavy atom. The minimum atomic E-state index is -0.136. The van der Waals surface area contributed by atoms with Crippen molar-refractivity contribution >= 4 is 17.2 Å². The van der Waals surface area contributed by atoms with Gasteiger partial charge in [0.2, 0.25) is 0 Å². The highest BCUT2D eigenvalue weighted by Crippen LogP contribution is 2.19. The maximum Gasteiger partial charge on any atom is 0.260 e. The van der Waals surface area contributed by atoms with Crippen molar-refractivity contribution in [3.05, 3.63) is 34.2 Å². The zero-order valence-corrected chi connectivity index (χ0v) is 10.6. The number of nitrogens with zero attached hydrogens (tertiary/aromatic N) is 1. The van der Waals surface area contributed by atoms with Gasteiger partial charge in [0.05, 0.1) is 24.3 Å². The number of rotatable bonds is 3. The van der Waals surface area contributed by atoms with Gasteiger partial charge in [-0.25, -0.2) is 0 Å². The molecule has 0 aromatic carbocycles. The molecule has 5 heteroatoms. The highest BCUT2D eigenvalue weighted by atomic mass is 32.1. The van der Waals surface area contributed by atoms with Gasteiger partial charge in [-0.3, -0.25) is 4.79 Å². The van der Waals surface area contributed by atoms with Crippen LogP contribution in [0.4, 0.5) is 0 Å². The number of hydrogen-bond acceptors (Lipinski definition) is 3. The minimum Gasteiger partial charge on any atom is -0.389 e. The first-order chi connectivity index (χ1) is 8.08. The second-order valence-corrected chi connectivity index (χ2v) is 4.83. The van der Waals surface area contributed by atoms with Crippen LogP contribution in [0.5, 0.6) is 0 Å². The van der Waals surface area contributed by atoms with Crippen molar-refractivity contribution < 1.29 is 4.74 Å². The lowest BCUT2D eigenvalue weighted by Crippen LogP contribution is -2.31. The van der Waals surface area contributed by atoms with E-state index in [9.17, 15) is 4.79 Å². The van der Waals surface area contributed by atoms with Crippen LogP contribution in [0.15, 0.2) is 23.1 Å². The summed E-state index contributed by atoms with van der Waals surface area (Å²) in [5.74, 6) is 0. The van der Waals surface area contributed by atoms with Gasteiger partial charge in [-0.2, -0.15) is 0 Å². The van der Waals surface area contributed by atoms with Gasteiger partial charge in [0, 0.05) is 6.20 Å². The summed E-state index contributed by atoms with van der Waals surface area (Å²) in [6, 6.07) is 3.44. The lowest BCUT2D eigenvalue weighted by atomic mass is 10.2. The van der Waals surface area contributed by atoms with Crippen LogP contribution in [0.3, 0.4) is 0 Å². The van der Waals surface area contributed by atoms with Crippen LogP contribution >= 0.6 is 12.2 Å². The van der Waals surface area contributed by atoms with E-state index in [-0.39, 0.29) is 22.8 Å². The molecule has 0 amide bonds. The van der Waals surface area contributed by atoms with Gasteiger partial charge in [-0.15, -0.1) is 0 Å². The summed E-state index contributed by atoms with van der Waals surface area (Å²) >= 11 is 4.84. The van der Waals surface area contributed by atoms with Gasteiger partial charge in [0.1, 0.15) is 4.99 Å². The van der Waals surface area contributed by atoms with Crippen molar-refractivity contribution in [1.29, 1.82) is 0 Å². The molecular weight excluding hydrogens is 236 g/mol. The molecule has 1 aromatic rings. The predicted molar refractivity (Wildman–Crippen MR) is 70.2 cm³/mol. The van der Waals surface area contributed by atoms with Crippen LogP contribution in [-0.2, 0) is 11.3 Å². The first kappa shape index (κ1) is 12.3. The number of ether oxygens (including phenoxy) is 1. The fourth-order valence-corrected chi connectivity index (χ4v) is 2.26. The van der Waals surface area contributed by atoms with Crippen molar-refractivity contribution in [3.63, 3.8) is 0 Å². The third kappa shape index (κ3) is 2.73. The molecule has 1 aliphatic rings. The predicted octanol–water partition coefficient (Wildman–Crippen LogP) is 1.05. The van der Waals surface area contributed by atoms with Gasteiger partial charge < -0.3 is 15.0 Å². The van der Waals surface area contributed by atoms with Gasteiger partial charge in [0.25, 0.3) is 5.56 Å². The minimum absolute atomic E-state index is 0.115. The molecule has 2 heterocycles.